The smallest absolute Gasteiger partial charge is 0.191 e. The van der Waals surface area contributed by atoms with Gasteiger partial charge in [-0.2, -0.15) is 0 Å². The summed E-state index contributed by atoms with van der Waals surface area (Å²) < 4.78 is 0. The van der Waals surface area contributed by atoms with Crippen molar-refractivity contribution >= 4 is 5.96 Å². The largest absolute Gasteiger partial charge is 0.370 e. The van der Waals surface area contributed by atoms with E-state index in [1.54, 1.807) is 0 Å². The zero-order chi connectivity index (χ0) is 14.5. The summed E-state index contributed by atoms with van der Waals surface area (Å²) in [4.78, 5) is 9.53. The maximum Gasteiger partial charge on any atom is 0.191 e. The summed E-state index contributed by atoms with van der Waals surface area (Å²) in [5.74, 6) is 1.50. The van der Waals surface area contributed by atoms with Crippen LogP contribution in [0.15, 0.2) is 4.99 Å². The van der Waals surface area contributed by atoms with Crippen molar-refractivity contribution in [3.05, 3.63) is 0 Å². The molecule has 0 aliphatic carbocycles. The highest BCUT2D eigenvalue weighted by Gasteiger charge is 2.23. The third-order valence-electron chi connectivity index (χ3n) is 4.92. The second-order valence-electron chi connectivity index (χ2n) is 6.82. The SMILES string of the molecule is CC1CCCN(C(N)=NCC(C)N2CCCCC2C)C1. The number of rotatable bonds is 3. The van der Waals surface area contributed by atoms with Crippen molar-refractivity contribution in [1.29, 1.82) is 0 Å². The van der Waals surface area contributed by atoms with Crippen molar-refractivity contribution in [3.8, 4) is 0 Å². The molecule has 4 heteroatoms. The summed E-state index contributed by atoms with van der Waals surface area (Å²) >= 11 is 0. The molecule has 3 unspecified atom stereocenters. The van der Waals surface area contributed by atoms with E-state index >= 15 is 0 Å². The Labute approximate surface area is 124 Å². The van der Waals surface area contributed by atoms with Crippen molar-refractivity contribution in [1.82, 2.24) is 9.80 Å². The summed E-state index contributed by atoms with van der Waals surface area (Å²) in [5, 5.41) is 0. The first-order valence-corrected chi connectivity index (χ1v) is 8.38. The fourth-order valence-corrected chi connectivity index (χ4v) is 3.60. The van der Waals surface area contributed by atoms with Gasteiger partial charge < -0.3 is 10.6 Å². The van der Waals surface area contributed by atoms with Crippen LogP contribution in [0.2, 0.25) is 0 Å². The average molecular weight is 280 g/mol. The van der Waals surface area contributed by atoms with Gasteiger partial charge in [0, 0.05) is 25.2 Å². The molecular formula is C16H32N4. The van der Waals surface area contributed by atoms with E-state index in [0.717, 1.165) is 31.5 Å². The highest BCUT2D eigenvalue weighted by atomic mass is 15.3. The van der Waals surface area contributed by atoms with E-state index in [1.165, 1.54) is 38.6 Å². The van der Waals surface area contributed by atoms with Gasteiger partial charge in [-0.05, 0) is 52.0 Å². The molecule has 116 valence electrons. The van der Waals surface area contributed by atoms with Crippen LogP contribution >= 0.6 is 0 Å². The number of aliphatic imine (C=N–C) groups is 1. The Morgan fingerprint density at radius 2 is 2.00 bits per heavy atom. The van der Waals surface area contributed by atoms with Gasteiger partial charge in [0.2, 0.25) is 0 Å². The Bertz CT molecular complexity index is 328. The topological polar surface area (TPSA) is 44.9 Å². The lowest BCUT2D eigenvalue weighted by Gasteiger charge is -2.37. The molecule has 4 nitrogen and oxygen atoms in total. The minimum Gasteiger partial charge on any atom is -0.370 e. The van der Waals surface area contributed by atoms with E-state index in [0.29, 0.717) is 12.1 Å². The van der Waals surface area contributed by atoms with Crippen molar-refractivity contribution in [2.24, 2.45) is 16.6 Å². The zero-order valence-electron chi connectivity index (χ0n) is 13.5. The van der Waals surface area contributed by atoms with Gasteiger partial charge in [-0.3, -0.25) is 9.89 Å². The molecule has 2 aliphatic heterocycles. The highest BCUT2D eigenvalue weighted by molar-refractivity contribution is 5.78. The van der Waals surface area contributed by atoms with Crippen LogP contribution in [0.1, 0.15) is 52.9 Å². The Morgan fingerprint density at radius 1 is 1.20 bits per heavy atom. The predicted molar refractivity (Wildman–Crippen MR) is 85.9 cm³/mol. The summed E-state index contributed by atoms with van der Waals surface area (Å²) in [6.45, 7) is 11.1. The summed E-state index contributed by atoms with van der Waals surface area (Å²) in [7, 11) is 0. The quantitative estimate of drug-likeness (QED) is 0.637. The molecule has 20 heavy (non-hydrogen) atoms. The van der Waals surface area contributed by atoms with E-state index in [1.807, 2.05) is 0 Å². The predicted octanol–water partition coefficient (Wildman–Crippen LogP) is 2.30. The fraction of sp³-hybridized carbons (Fsp3) is 0.938. The molecule has 2 saturated heterocycles. The van der Waals surface area contributed by atoms with Crippen LogP contribution in [0.5, 0.6) is 0 Å². The van der Waals surface area contributed by atoms with Gasteiger partial charge in [0.15, 0.2) is 5.96 Å². The van der Waals surface area contributed by atoms with Crippen LogP contribution in [0.3, 0.4) is 0 Å². The standard InChI is InChI=1S/C16H32N4/c1-13-7-6-9-19(12-13)16(17)18-11-15(3)20-10-5-4-8-14(20)2/h13-15H,4-12H2,1-3H3,(H2,17,18). The van der Waals surface area contributed by atoms with Crippen molar-refractivity contribution in [2.45, 2.75) is 65.0 Å². The van der Waals surface area contributed by atoms with Gasteiger partial charge in [0.25, 0.3) is 0 Å². The molecule has 0 bridgehead atoms. The maximum absolute atomic E-state index is 6.18. The molecular weight excluding hydrogens is 248 g/mol. The van der Waals surface area contributed by atoms with Crippen LogP contribution in [-0.2, 0) is 0 Å². The number of likely N-dealkylation sites (tertiary alicyclic amines) is 2. The first kappa shape index (κ1) is 15.6. The molecule has 0 amide bonds. The Morgan fingerprint density at radius 3 is 2.70 bits per heavy atom. The molecule has 2 heterocycles. The normalized spacial score (nSPS) is 31.4. The minimum atomic E-state index is 0.506. The van der Waals surface area contributed by atoms with Crippen LogP contribution in [-0.4, -0.2) is 54.0 Å². The molecule has 0 aromatic rings. The number of nitrogens with zero attached hydrogens (tertiary/aromatic N) is 3. The van der Waals surface area contributed by atoms with Crippen LogP contribution in [0.25, 0.3) is 0 Å². The van der Waals surface area contributed by atoms with Gasteiger partial charge in [0.1, 0.15) is 0 Å². The zero-order valence-corrected chi connectivity index (χ0v) is 13.5. The van der Waals surface area contributed by atoms with Crippen molar-refractivity contribution in [3.63, 3.8) is 0 Å². The van der Waals surface area contributed by atoms with E-state index < -0.39 is 0 Å². The number of guanidine groups is 1. The van der Waals surface area contributed by atoms with Gasteiger partial charge in [0.05, 0.1) is 6.54 Å². The number of hydrogen-bond donors (Lipinski definition) is 1. The molecule has 0 aromatic heterocycles. The lowest BCUT2D eigenvalue weighted by atomic mass is 10.0. The first-order chi connectivity index (χ1) is 9.58. The summed E-state index contributed by atoms with van der Waals surface area (Å²) in [6.07, 6.45) is 6.60. The summed E-state index contributed by atoms with van der Waals surface area (Å²) in [6, 6.07) is 1.20. The molecule has 2 aliphatic rings. The molecule has 0 saturated carbocycles. The van der Waals surface area contributed by atoms with Gasteiger partial charge in [-0.15, -0.1) is 0 Å². The second-order valence-corrected chi connectivity index (χ2v) is 6.82. The average Bonchev–Trinajstić information content (AvgIpc) is 2.45. The maximum atomic E-state index is 6.18. The second kappa shape index (κ2) is 7.30. The molecule has 3 atom stereocenters. The van der Waals surface area contributed by atoms with E-state index in [9.17, 15) is 0 Å². The molecule has 0 radical (unpaired) electrons. The molecule has 0 spiro atoms. The number of hydrogen-bond acceptors (Lipinski definition) is 2. The lowest BCUT2D eigenvalue weighted by Crippen LogP contribution is -2.46. The van der Waals surface area contributed by atoms with Crippen LogP contribution in [0.4, 0.5) is 0 Å². The van der Waals surface area contributed by atoms with Gasteiger partial charge in [-0.25, -0.2) is 0 Å². The van der Waals surface area contributed by atoms with Crippen LogP contribution < -0.4 is 5.73 Å². The Hall–Kier alpha value is -0.770. The third kappa shape index (κ3) is 4.11. The van der Waals surface area contributed by atoms with Crippen molar-refractivity contribution < 1.29 is 0 Å². The third-order valence-corrected chi connectivity index (χ3v) is 4.92. The highest BCUT2D eigenvalue weighted by Crippen LogP contribution is 2.19. The minimum absolute atomic E-state index is 0.506. The fourth-order valence-electron chi connectivity index (χ4n) is 3.60. The molecule has 2 N–H and O–H groups in total. The molecule has 2 rings (SSSR count). The number of nitrogens with two attached hydrogens (primary N) is 1. The van der Waals surface area contributed by atoms with Gasteiger partial charge >= 0.3 is 0 Å². The first-order valence-electron chi connectivity index (χ1n) is 8.38. The summed E-state index contributed by atoms with van der Waals surface area (Å²) in [5.41, 5.74) is 6.18. The van der Waals surface area contributed by atoms with E-state index in [4.69, 9.17) is 5.73 Å². The molecule has 0 aromatic carbocycles. The monoisotopic (exact) mass is 280 g/mol. The molecule has 2 fully saturated rings. The Balaban J connectivity index is 1.84. The van der Waals surface area contributed by atoms with Crippen molar-refractivity contribution in [2.75, 3.05) is 26.2 Å². The van der Waals surface area contributed by atoms with E-state index in [2.05, 4.69) is 35.6 Å². The number of piperidine rings is 2. The lowest BCUT2D eigenvalue weighted by molar-refractivity contribution is 0.118. The van der Waals surface area contributed by atoms with Crippen LogP contribution in [0, 0.1) is 5.92 Å². The Kier molecular flexibility index (Phi) is 5.70. The van der Waals surface area contributed by atoms with E-state index in [-0.39, 0.29) is 0 Å². The van der Waals surface area contributed by atoms with Gasteiger partial charge in [-0.1, -0.05) is 13.3 Å².